The van der Waals surface area contributed by atoms with Crippen molar-refractivity contribution in [2.24, 2.45) is 5.41 Å². The molecule has 0 radical (unpaired) electrons. The Kier molecular flexibility index (Phi) is 3.56. The predicted molar refractivity (Wildman–Crippen MR) is 85.0 cm³/mol. The Morgan fingerprint density at radius 1 is 1.19 bits per heavy atom. The van der Waals surface area contributed by atoms with Gasteiger partial charge in [0.15, 0.2) is 0 Å². The number of benzene rings is 1. The molecule has 2 fully saturated rings. The smallest absolute Gasteiger partial charge is 0.314 e. The summed E-state index contributed by atoms with van der Waals surface area (Å²) in [5.74, 6) is -0.190. The molecule has 0 spiro atoms. The van der Waals surface area contributed by atoms with Crippen molar-refractivity contribution in [2.75, 3.05) is 0 Å². The molecule has 3 heteroatoms. The second-order valence-corrected chi connectivity index (χ2v) is 7.97. The van der Waals surface area contributed by atoms with Gasteiger partial charge in [0.05, 0.1) is 5.41 Å². The molecule has 0 aliphatic heterocycles. The van der Waals surface area contributed by atoms with Crippen molar-refractivity contribution < 1.29 is 9.90 Å². The lowest BCUT2D eigenvalue weighted by Gasteiger charge is -2.35. The summed E-state index contributed by atoms with van der Waals surface area (Å²) in [5, 5.41) is 10.1. The van der Waals surface area contributed by atoms with Crippen LogP contribution < -0.4 is 0 Å². The predicted octanol–water partition coefficient (Wildman–Crippen LogP) is 5.14. The number of aliphatic carboxylic acids is 1. The van der Waals surface area contributed by atoms with E-state index < -0.39 is 11.4 Å². The van der Waals surface area contributed by atoms with E-state index in [2.05, 4.69) is 19.9 Å². The first-order valence-electron chi connectivity index (χ1n) is 7.87. The van der Waals surface area contributed by atoms with Gasteiger partial charge in [0, 0.05) is 5.02 Å². The first-order valence-corrected chi connectivity index (χ1v) is 8.25. The van der Waals surface area contributed by atoms with E-state index in [0.29, 0.717) is 11.3 Å². The molecule has 0 unspecified atom stereocenters. The van der Waals surface area contributed by atoms with Crippen molar-refractivity contribution in [2.45, 2.75) is 63.7 Å². The number of hydrogen-bond acceptors (Lipinski definition) is 1. The van der Waals surface area contributed by atoms with Gasteiger partial charge in [-0.15, -0.1) is 0 Å². The SMILES string of the molecule is CC1(C)CCC(c2ccc(C3(C(=O)O)CC3)cc2Cl)CC1. The second kappa shape index (κ2) is 5.01. The van der Waals surface area contributed by atoms with Crippen LogP contribution >= 0.6 is 11.6 Å². The summed E-state index contributed by atoms with van der Waals surface area (Å²) < 4.78 is 0. The Balaban J connectivity index is 1.81. The van der Waals surface area contributed by atoms with Crippen molar-refractivity contribution >= 4 is 17.6 Å². The highest BCUT2D eigenvalue weighted by atomic mass is 35.5. The maximum atomic E-state index is 11.4. The lowest BCUT2D eigenvalue weighted by Crippen LogP contribution is -2.21. The fourth-order valence-electron chi connectivity index (χ4n) is 3.62. The lowest BCUT2D eigenvalue weighted by molar-refractivity contribution is -0.140. The van der Waals surface area contributed by atoms with E-state index in [-0.39, 0.29) is 0 Å². The fraction of sp³-hybridized carbons (Fsp3) is 0.611. The summed E-state index contributed by atoms with van der Waals surface area (Å²) in [7, 11) is 0. The molecule has 0 atom stereocenters. The topological polar surface area (TPSA) is 37.3 Å². The molecule has 2 nitrogen and oxygen atoms in total. The zero-order valence-corrected chi connectivity index (χ0v) is 13.5. The summed E-state index contributed by atoms with van der Waals surface area (Å²) in [6, 6.07) is 5.96. The first-order chi connectivity index (χ1) is 9.84. The zero-order valence-electron chi connectivity index (χ0n) is 12.8. The quantitative estimate of drug-likeness (QED) is 0.839. The Hall–Kier alpha value is -1.02. The van der Waals surface area contributed by atoms with E-state index in [4.69, 9.17) is 11.6 Å². The molecule has 1 N–H and O–H groups in total. The lowest BCUT2D eigenvalue weighted by atomic mass is 9.71. The van der Waals surface area contributed by atoms with Crippen molar-refractivity contribution in [3.8, 4) is 0 Å². The van der Waals surface area contributed by atoms with Gasteiger partial charge in [-0.05, 0) is 67.1 Å². The summed E-state index contributed by atoms with van der Waals surface area (Å²) >= 11 is 6.48. The maximum Gasteiger partial charge on any atom is 0.314 e. The van der Waals surface area contributed by atoms with Crippen molar-refractivity contribution in [3.05, 3.63) is 34.3 Å². The largest absolute Gasteiger partial charge is 0.481 e. The Morgan fingerprint density at radius 2 is 1.81 bits per heavy atom. The average molecular weight is 307 g/mol. The molecule has 1 aromatic rings. The molecular weight excluding hydrogens is 284 g/mol. The van der Waals surface area contributed by atoms with Crippen LogP contribution in [-0.2, 0) is 10.2 Å². The van der Waals surface area contributed by atoms with Crippen LogP contribution in [0, 0.1) is 5.41 Å². The maximum absolute atomic E-state index is 11.4. The van der Waals surface area contributed by atoms with E-state index in [1.807, 2.05) is 12.1 Å². The second-order valence-electron chi connectivity index (χ2n) is 7.56. The summed E-state index contributed by atoms with van der Waals surface area (Å²) in [6.45, 7) is 4.66. The third-order valence-electron chi connectivity index (χ3n) is 5.49. The van der Waals surface area contributed by atoms with Crippen LogP contribution in [-0.4, -0.2) is 11.1 Å². The Labute approximate surface area is 131 Å². The van der Waals surface area contributed by atoms with E-state index in [1.54, 1.807) is 0 Å². The minimum atomic E-state index is -0.717. The van der Waals surface area contributed by atoms with E-state index in [1.165, 1.54) is 31.2 Å². The molecule has 3 rings (SSSR count). The molecule has 2 saturated carbocycles. The van der Waals surface area contributed by atoms with Crippen LogP contribution in [0.25, 0.3) is 0 Å². The summed E-state index contributed by atoms with van der Waals surface area (Å²) in [6.07, 6.45) is 6.28. The van der Waals surface area contributed by atoms with Crippen LogP contribution in [0.1, 0.15) is 69.4 Å². The van der Waals surface area contributed by atoms with Gasteiger partial charge in [-0.3, -0.25) is 4.79 Å². The molecule has 0 saturated heterocycles. The highest BCUT2D eigenvalue weighted by Crippen LogP contribution is 2.50. The Morgan fingerprint density at radius 3 is 2.29 bits per heavy atom. The van der Waals surface area contributed by atoms with Crippen LogP contribution in [0.3, 0.4) is 0 Å². The minimum absolute atomic E-state index is 0.449. The van der Waals surface area contributed by atoms with Gasteiger partial charge in [0.25, 0.3) is 0 Å². The minimum Gasteiger partial charge on any atom is -0.481 e. The number of carboxylic acid groups (broad SMARTS) is 1. The molecule has 0 bridgehead atoms. The Bertz CT molecular complexity index is 563. The molecule has 0 heterocycles. The number of rotatable bonds is 3. The van der Waals surface area contributed by atoms with Gasteiger partial charge in [0.1, 0.15) is 0 Å². The van der Waals surface area contributed by atoms with Gasteiger partial charge < -0.3 is 5.11 Å². The molecule has 2 aliphatic rings. The van der Waals surface area contributed by atoms with Crippen LogP contribution in [0.4, 0.5) is 0 Å². The number of carbonyl (C=O) groups is 1. The first kappa shape index (κ1) is 14.9. The highest BCUT2D eigenvalue weighted by molar-refractivity contribution is 6.31. The molecule has 21 heavy (non-hydrogen) atoms. The molecular formula is C18H23ClO2. The van der Waals surface area contributed by atoms with Crippen LogP contribution in [0.15, 0.2) is 18.2 Å². The number of halogens is 1. The molecule has 0 amide bonds. The fourth-order valence-corrected chi connectivity index (χ4v) is 3.95. The van der Waals surface area contributed by atoms with E-state index >= 15 is 0 Å². The highest BCUT2D eigenvalue weighted by Gasteiger charge is 2.51. The average Bonchev–Trinajstić information content (AvgIpc) is 3.21. The molecule has 1 aromatic carbocycles. The van der Waals surface area contributed by atoms with Crippen LogP contribution in [0.5, 0.6) is 0 Å². The molecule has 114 valence electrons. The number of hydrogen-bond donors (Lipinski definition) is 1. The zero-order chi connectivity index (χ0) is 15.3. The summed E-state index contributed by atoms with van der Waals surface area (Å²) in [5.41, 5.74) is 1.87. The van der Waals surface area contributed by atoms with E-state index in [0.717, 1.165) is 23.4 Å². The van der Waals surface area contributed by atoms with E-state index in [9.17, 15) is 9.90 Å². The molecule has 0 aromatic heterocycles. The third-order valence-corrected chi connectivity index (χ3v) is 5.82. The standard InChI is InChI=1S/C18H23ClO2/c1-17(2)7-5-12(6-8-17)14-4-3-13(11-15(14)19)18(9-10-18)16(20)21/h3-4,11-12H,5-10H2,1-2H3,(H,20,21). The third kappa shape index (κ3) is 2.70. The van der Waals surface area contributed by atoms with Crippen molar-refractivity contribution in [1.29, 1.82) is 0 Å². The van der Waals surface area contributed by atoms with Gasteiger partial charge in [-0.2, -0.15) is 0 Å². The van der Waals surface area contributed by atoms with Crippen molar-refractivity contribution in [3.63, 3.8) is 0 Å². The van der Waals surface area contributed by atoms with Gasteiger partial charge in [-0.1, -0.05) is 37.6 Å². The van der Waals surface area contributed by atoms with Gasteiger partial charge >= 0.3 is 5.97 Å². The van der Waals surface area contributed by atoms with Crippen molar-refractivity contribution in [1.82, 2.24) is 0 Å². The normalized spacial score (nSPS) is 23.8. The van der Waals surface area contributed by atoms with Crippen LogP contribution in [0.2, 0.25) is 5.02 Å². The number of carboxylic acids is 1. The molecule has 2 aliphatic carbocycles. The monoisotopic (exact) mass is 306 g/mol. The van der Waals surface area contributed by atoms with Gasteiger partial charge in [0.2, 0.25) is 0 Å². The summed E-state index contributed by atoms with van der Waals surface area (Å²) in [4.78, 5) is 11.4. The van der Waals surface area contributed by atoms with Gasteiger partial charge in [-0.25, -0.2) is 0 Å².